The fourth-order valence-corrected chi connectivity index (χ4v) is 1.89. The minimum atomic E-state index is -0.549. The molecule has 0 spiro atoms. The van der Waals surface area contributed by atoms with Crippen LogP contribution in [-0.4, -0.2) is 28.4 Å². The Balaban J connectivity index is 3.01. The molecule has 7 heteroatoms. The molecule has 0 aromatic heterocycles. The standard InChI is InChI=1S/C12H15IN2O4/c1-2-19-11-9(12(16)14-8-4-7-13)5-3-6-10(11)15(17)18/h3,5-6H,2,4,7-8H2,1H3,(H,14,16). The van der Waals surface area contributed by atoms with Crippen LogP contribution in [0.15, 0.2) is 18.2 Å². The van der Waals surface area contributed by atoms with Crippen molar-refractivity contribution in [3.8, 4) is 5.75 Å². The van der Waals surface area contributed by atoms with Crippen LogP contribution in [0, 0.1) is 10.1 Å². The summed E-state index contributed by atoms with van der Waals surface area (Å²) in [4.78, 5) is 22.3. The third-order valence-corrected chi connectivity index (χ3v) is 3.08. The van der Waals surface area contributed by atoms with E-state index < -0.39 is 4.92 Å². The number of ether oxygens (including phenoxy) is 1. The number of alkyl halides is 1. The summed E-state index contributed by atoms with van der Waals surface area (Å²) in [6, 6.07) is 4.33. The van der Waals surface area contributed by atoms with Crippen LogP contribution in [0.5, 0.6) is 5.75 Å². The van der Waals surface area contributed by atoms with E-state index >= 15 is 0 Å². The van der Waals surface area contributed by atoms with E-state index in [4.69, 9.17) is 4.74 Å². The summed E-state index contributed by atoms with van der Waals surface area (Å²) in [6.45, 7) is 2.52. The Labute approximate surface area is 124 Å². The van der Waals surface area contributed by atoms with Crippen molar-refractivity contribution >= 4 is 34.2 Å². The van der Waals surface area contributed by atoms with E-state index in [1.54, 1.807) is 6.92 Å². The second kappa shape index (κ2) is 7.93. The van der Waals surface area contributed by atoms with E-state index in [9.17, 15) is 14.9 Å². The number of carbonyl (C=O) groups is 1. The van der Waals surface area contributed by atoms with Crippen LogP contribution >= 0.6 is 22.6 Å². The number of nitrogens with zero attached hydrogens (tertiary/aromatic N) is 1. The van der Waals surface area contributed by atoms with E-state index in [0.717, 1.165) is 10.8 Å². The van der Waals surface area contributed by atoms with Crippen LogP contribution in [0.1, 0.15) is 23.7 Å². The van der Waals surface area contributed by atoms with Crippen molar-refractivity contribution in [1.29, 1.82) is 0 Å². The highest BCUT2D eigenvalue weighted by atomic mass is 127. The SMILES string of the molecule is CCOc1c(C(=O)NCCCI)cccc1[N+](=O)[O-]. The van der Waals surface area contributed by atoms with Gasteiger partial charge in [-0.1, -0.05) is 28.7 Å². The number of para-hydroxylation sites is 1. The molecule has 0 radical (unpaired) electrons. The van der Waals surface area contributed by atoms with Crippen LogP contribution in [-0.2, 0) is 0 Å². The Hall–Kier alpha value is -1.38. The van der Waals surface area contributed by atoms with Crippen molar-refractivity contribution in [1.82, 2.24) is 5.32 Å². The molecule has 0 aliphatic rings. The van der Waals surface area contributed by atoms with Gasteiger partial charge in [0.15, 0.2) is 0 Å². The van der Waals surface area contributed by atoms with Gasteiger partial charge in [0.25, 0.3) is 5.91 Å². The number of benzene rings is 1. The first-order valence-corrected chi connectivity index (χ1v) is 7.38. The van der Waals surface area contributed by atoms with Crippen molar-refractivity contribution in [2.75, 3.05) is 17.6 Å². The Morgan fingerprint density at radius 2 is 2.26 bits per heavy atom. The van der Waals surface area contributed by atoms with Crippen LogP contribution in [0.4, 0.5) is 5.69 Å². The Kier molecular flexibility index (Phi) is 6.54. The molecule has 0 bridgehead atoms. The lowest BCUT2D eigenvalue weighted by atomic mass is 10.1. The zero-order valence-electron chi connectivity index (χ0n) is 10.5. The Morgan fingerprint density at radius 1 is 1.53 bits per heavy atom. The van der Waals surface area contributed by atoms with Gasteiger partial charge in [-0.2, -0.15) is 0 Å². The van der Waals surface area contributed by atoms with Crippen LogP contribution in [0.3, 0.4) is 0 Å². The van der Waals surface area contributed by atoms with Gasteiger partial charge in [0.1, 0.15) is 0 Å². The summed E-state index contributed by atoms with van der Waals surface area (Å²) in [5.41, 5.74) is 0.00731. The Bertz CT molecular complexity index is 465. The van der Waals surface area contributed by atoms with E-state index in [1.807, 2.05) is 0 Å². The van der Waals surface area contributed by atoms with Gasteiger partial charge in [-0.05, 0) is 19.4 Å². The third-order valence-electron chi connectivity index (χ3n) is 2.32. The lowest BCUT2D eigenvalue weighted by Gasteiger charge is -2.10. The average Bonchev–Trinajstić information content (AvgIpc) is 2.39. The minimum absolute atomic E-state index is 0.0296. The second-order valence-electron chi connectivity index (χ2n) is 3.64. The summed E-state index contributed by atoms with van der Waals surface area (Å²) in [6.07, 6.45) is 0.852. The molecule has 19 heavy (non-hydrogen) atoms. The molecule has 0 saturated carbocycles. The highest BCUT2D eigenvalue weighted by Crippen LogP contribution is 2.30. The second-order valence-corrected chi connectivity index (χ2v) is 4.72. The zero-order valence-corrected chi connectivity index (χ0v) is 12.7. The number of nitro groups is 1. The molecule has 0 saturated heterocycles. The van der Waals surface area contributed by atoms with Crippen LogP contribution in [0.25, 0.3) is 0 Å². The lowest BCUT2D eigenvalue weighted by molar-refractivity contribution is -0.385. The predicted molar refractivity (Wildman–Crippen MR) is 80.1 cm³/mol. The molecule has 1 rings (SSSR count). The number of nitro benzene ring substituents is 1. The number of nitrogens with one attached hydrogen (secondary N) is 1. The average molecular weight is 378 g/mol. The molecule has 0 aliphatic heterocycles. The van der Waals surface area contributed by atoms with Crippen molar-refractivity contribution < 1.29 is 14.5 Å². The summed E-state index contributed by atoms with van der Waals surface area (Å²) in [7, 11) is 0. The first kappa shape index (κ1) is 15.7. The first-order chi connectivity index (χ1) is 9.11. The lowest BCUT2D eigenvalue weighted by Crippen LogP contribution is -2.25. The topological polar surface area (TPSA) is 81.5 Å². The number of amides is 1. The smallest absolute Gasteiger partial charge is 0.311 e. The summed E-state index contributed by atoms with van der Waals surface area (Å²) < 4.78 is 6.19. The number of hydrogen-bond donors (Lipinski definition) is 1. The fourth-order valence-electron chi connectivity index (χ4n) is 1.51. The number of rotatable bonds is 7. The van der Waals surface area contributed by atoms with Gasteiger partial charge >= 0.3 is 5.69 Å². The Morgan fingerprint density at radius 3 is 2.84 bits per heavy atom. The normalized spacial score (nSPS) is 10.0. The van der Waals surface area contributed by atoms with Crippen molar-refractivity contribution in [2.24, 2.45) is 0 Å². The van der Waals surface area contributed by atoms with Crippen molar-refractivity contribution in [3.63, 3.8) is 0 Å². The molecule has 1 N–H and O–H groups in total. The van der Waals surface area contributed by atoms with Crippen molar-refractivity contribution in [3.05, 3.63) is 33.9 Å². The summed E-state index contributed by atoms with van der Waals surface area (Å²) >= 11 is 2.22. The molecule has 0 unspecified atom stereocenters. The third kappa shape index (κ3) is 4.34. The predicted octanol–water partition coefficient (Wildman–Crippen LogP) is 2.55. The molecular formula is C12H15IN2O4. The maximum atomic E-state index is 12.0. The van der Waals surface area contributed by atoms with E-state index in [-0.39, 0.29) is 29.5 Å². The molecule has 1 aromatic rings. The minimum Gasteiger partial charge on any atom is -0.487 e. The van der Waals surface area contributed by atoms with Gasteiger partial charge in [-0.25, -0.2) is 0 Å². The molecule has 0 aliphatic carbocycles. The largest absolute Gasteiger partial charge is 0.487 e. The number of carbonyl (C=O) groups excluding carboxylic acids is 1. The van der Waals surface area contributed by atoms with Crippen molar-refractivity contribution in [2.45, 2.75) is 13.3 Å². The number of hydrogen-bond acceptors (Lipinski definition) is 4. The summed E-state index contributed by atoms with van der Waals surface area (Å²) in [5.74, 6) is -0.320. The molecular weight excluding hydrogens is 363 g/mol. The quantitative estimate of drug-likeness (QED) is 0.260. The molecule has 0 atom stereocenters. The maximum Gasteiger partial charge on any atom is 0.311 e. The monoisotopic (exact) mass is 378 g/mol. The molecule has 1 aromatic carbocycles. The molecule has 104 valence electrons. The van der Waals surface area contributed by atoms with E-state index in [1.165, 1.54) is 18.2 Å². The zero-order chi connectivity index (χ0) is 14.3. The molecule has 0 fully saturated rings. The van der Waals surface area contributed by atoms with Crippen LogP contribution in [0.2, 0.25) is 0 Å². The molecule has 0 heterocycles. The fraction of sp³-hybridized carbons (Fsp3) is 0.417. The van der Waals surface area contributed by atoms with E-state index in [2.05, 4.69) is 27.9 Å². The van der Waals surface area contributed by atoms with Gasteiger partial charge in [0.2, 0.25) is 5.75 Å². The van der Waals surface area contributed by atoms with E-state index in [0.29, 0.717) is 6.54 Å². The molecule has 1 amide bonds. The van der Waals surface area contributed by atoms with Crippen LogP contribution < -0.4 is 10.1 Å². The summed E-state index contributed by atoms with van der Waals surface area (Å²) in [5, 5.41) is 13.6. The first-order valence-electron chi connectivity index (χ1n) is 5.86. The van der Waals surface area contributed by atoms with Gasteiger partial charge in [0, 0.05) is 17.0 Å². The molecule has 6 nitrogen and oxygen atoms in total. The van der Waals surface area contributed by atoms with Gasteiger partial charge in [-0.15, -0.1) is 0 Å². The van der Waals surface area contributed by atoms with Gasteiger partial charge in [-0.3, -0.25) is 14.9 Å². The maximum absolute atomic E-state index is 12.0. The highest BCUT2D eigenvalue weighted by Gasteiger charge is 2.22. The highest BCUT2D eigenvalue weighted by molar-refractivity contribution is 14.1. The van der Waals surface area contributed by atoms with Gasteiger partial charge < -0.3 is 10.1 Å². The number of halogens is 1. The van der Waals surface area contributed by atoms with Gasteiger partial charge in [0.05, 0.1) is 17.1 Å².